The second kappa shape index (κ2) is 5.63. The first kappa shape index (κ1) is 13.9. The Morgan fingerprint density at radius 1 is 1.37 bits per heavy atom. The number of benzene rings is 1. The van der Waals surface area contributed by atoms with Crippen LogP contribution in [0.3, 0.4) is 0 Å². The summed E-state index contributed by atoms with van der Waals surface area (Å²) in [5.74, 6) is -1.23. The molecule has 1 N–H and O–H groups in total. The van der Waals surface area contributed by atoms with Crippen molar-refractivity contribution >= 4 is 39.4 Å². The maximum atomic E-state index is 13.5. The molecule has 4 nitrogen and oxygen atoms in total. The van der Waals surface area contributed by atoms with Gasteiger partial charge in [-0.1, -0.05) is 27.5 Å². The summed E-state index contributed by atoms with van der Waals surface area (Å²) in [6, 6.07) is 5.63. The molecule has 1 heterocycles. The number of carbonyl (C=O) groups excluding carboxylic acids is 1. The summed E-state index contributed by atoms with van der Waals surface area (Å²) in [6.45, 7) is 1.71. The van der Waals surface area contributed by atoms with Gasteiger partial charge in [0.1, 0.15) is 11.0 Å². The Labute approximate surface area is 122 Å². The Bertz CT molecular complexity index is 631. The zero-order valence-corrected chi connectivity index (χ0v) is 12.1. The molecule has 0 saturated heterocycles. The number of rotatable bonds is 2. The van der Waals surface area contributed by atoms with Gasteiger partial charge in [0, 0.05) is 10.2 Å². The molecular weight excluding hydrogens is 337 g/mol. The van der Waals surface area contributed by atoms with Gasteiger partial charge >= 0.3 is 0 Å². The van der Waals surface area contributed by atoms with E-state index in [1.165, 1.54) is 18.2 Å². The fourth-order valence-corrected chi connectivity index (χ4v) is 2.03. The number of nitrogens with one attached hydrogen (secondary N) is 1. The highest BCUT2D eigenvalue weighted by Crippen LogP contribution is 2.17. The smallest absolute Gasteiger partial charge is 0.261 e. The Kier molecular flexibility index (Phi) is 4.11. The van der Waals surface area contributed by atoms with E-state index in [1.807, 2.05) is 0 Å². The molecule has 98 valence electrons. The zero-order valence-electron chi connectivity index (χ0n) is 9.75. The van der Waals surface area contributed by atoms with Crippen LogP contribution >= 0.6 is 27.5 Å². The minimum atomic E-state index is -0.638. The maximum absolute atomic E-state index is 13.5. The van der Waals surface area contributed by atoms with Gasteiger partial charge in [0.15, 0.2) is 0 Å². The van der Waals surface area contributed by atoms with Crippen LogP contribution in [0.1, 0.15) is 16.1 Å². The van der Waals surface area contributed by atoms with Crippen LogP contribution in [0.15, 0.2) is 28.7 Å². The average molecular weight is 345 g/mol. The lowest BCUT2D eigenvalue weighted by Gasteiger charge is -2.06. The topological polar surface area (TPSA) is 54.9 Å². The van der Waals surface area contributed by atoms with E-state index in [1.54, 1.807) is 13.0 Å². The molecule has 2 aromatic rings. The van der Waals surface area contributed by atoms with E-state index < -0.39 is 11.7 Å². The molecule has 7 heteroatoms. The molecule has 0 bridgehead atoms. The molecule has 0 aliphatic rings. The molecule has 0 atom stereocenters. The highest BCUT2D eigenvalue weighted by atomic mass is 79.9. The van der Waals surface area contributed by atoms with Crippen molar-refractivity contribution in [1.29, 1.82) is 0 Å². The van der Waals surface area contributed by atoms with Crippen LogP contribution in [0.2, 0.25) is 5.15 Å². The number of carbonyl (C=O) groups is 1. The van der Waals surface area contributed by atoms with Crippen LogP contribution < -0.4 is 5.32 Å². The highest BCUT2D eigenvalue weighted by molar-refractivity contribution is 9.10. The van der Waals surface area contributed by atoms with E-state index in [9.17, 15) is 9.18 Å². The Balaban J connectivity index is 2.28. The lowest BCUT2D eigenvalue weighted by Crippen LogP contribution is -2.16. The summed E-state index contributed by atoms with van der Waals surface area (Å²) in [7, 11) is 0. The second-order valence-corrected chi connectivity index (χ2v) is 5.04. The molecule has 1 aromatic carbocycles. The molecule has 19 heavy (non-hydrogen) atoms. The minimum Gasteiger partial charge on any atom is -0.290 e. The third-order valence-electron chi connectivity index (χ3n) is 2.22. The molecule has 1 amide bonds. The van der Waals surface area contributed by atoms with Crippen molar-refractivity contribution in [1.82, 2.24) is 9.97 Å². The van der Waals surface area contributed by atoms with Gasteiger partial charge in [-0.25, -0.2) is 14.4 Å². The monoisotopic (exact) mass is 343 g/mol. The van der Waals surface area contributed by atoms with Crippen LogP contribution in [0.5, 0.6) is 0 Å². The Hall–Kier alpha value is -1.53. The van der Waals surface area contributed by atoms with Gasteiger partial charge in [-0.15, -0.1) is 0 Å². The largest absolute Gasteiger partial charge is 0.290 e. The molecule has 0 aliphatic heterocycles. The minimum absolute atomic E-state index is 0.0365. The first-order chi connectivity index (χ1) is 8.95. The number of nitrogens with zero attached hydrogens (tertiary/aromatic N) is 2. The van der Waals surface area contributed by atoms with Gasteiger partial charge in [-0.05, 0) is 31.2 Å². The van der Waals surface area contributed by atoms with E-state index in [0.717, 1.165) is 0 Å². The van der Waals surface area contributed by atoms with Crippen LogP contribution in [-0.4, -0.2) is 15.9 Å². The van der Waals surface area contributed by atoms with E-state index in [-0.39, 0.29) is 16.7 Å². The number of hydrogen-bond acceptors (Lipinski definition) is 3. The predicted molar refractivity (Wildman–Crippen MR) is 73.8 cm³/mol. The zero-order chi connectivity index (χ0) is 14.0. The molecule has 0 saturated carbocycles. The average Bonchev–Trinajstić information content (AvgIpc) is 2.30. The molecule has 1 aromatic heterocycles. The van der Waals surface area contributed by atoms with Gasteiger partial charge < -0.3 is 0 Å². The lowest BCUT2D eigenvalue weighted by atomic mass is 10.2. The van der Waals surface area contributed by atoms with Crippen LogP contribution in [-0.2, 0) is 0 Å². The quantitative estimate of drug-likeness (QED) is 0.847. The van der Waals surface area contributed by atoms with Crippen molar-refractivity contribution in [3.63, 3.8) is 0 Å². The normalized spacial score (nSPS) is 10.3. The first-order valence-electron chi connectivity index (χ1n) is 5.23. The summed E-state index contributed by atoms with van der Waals surface area (Å²) in [5, 5.41) is 2.61. The van der Waals surface area contributed by atoms with Crippen molar-refractivity contribution in [2.45, 2.75) is 6.92 Å². The third-order valence-corrected chi connectivity index (χ3v) is 2.91. The number of amides is 1. The molecule has 0 unspecified atom stereocenters. The number of hydrogen-bond donors (Lipinski definition) is 1. The van der Waals surface area contributed by atoms with Crippen molar-refractivity contribution < 1.29 is 9.18 Å². The number of aromatic nitrogens is 2. The van der Waals surface area contributed by atoms with Crippen LogP contribution in [0, 0.1) is 12.7 Å². The number of anilines is 1. The van der Waals surface area contributed by atoms with Gasteiger partial charge in [-0.3, -0.25) is 10.1 Å². The Morgan fingerprint density at radius 2 is 2.11 bits per heavy atom. The SMILES string of the molecule is Cc1cc(Cl)nc(NC(=O)c2cc(Br)ccc2F)n1. The van der Waals surface area contributed by atoms with Gasteiger partial charge in [0.25, 0.3) is 5.91 Å². The molecule has 2 rings (SSSR count). The van der Waals surface area contributed by atoms with Crippen molar-refractivity contribution in [2.75, 3.05) is 5.32 Å². The van der Waals surface area contributed by atoms with Gasteiger partial charge in [0.2, 0.25) is 5.95 Å². The van der Waals surface area contributed by atoms with Gasteiger partial charge in [0.05, 0.1) is 5.56 Å². The van der Waals surface area contributed by atoms with E-state index >= 15 is 0 Å². The molecular formula is C12H8BrClFN3O. The fraction of sp³-hybridized carbons (Fsp3) is 0.0833. The van der Waals surface area contributed by atoms with Crippen LogP contribution in [0.25, 0.3) is 0 Å². The number of halogens is 3. The number of aryl methyl sites for hydroxylation is 1. The van der Waals surface area contributed by atoms with Crippen molar-refractivity contribution in [3.8, 4) is 0 Å². The maximum Gasteiger partial charge on any atom is 0.261 e. The summed E-state index contributed by atoms with van der Waals surface area (Å²) >= 11 is 8.93. The molecule has 0 aliphatic carbocycles. The lowest BCUT2D eigenvalue weighted by molar-refractivity contribution is 0.102. The van der Waals surface area contributed by atoms with Crippen LogP contribution in [0.4, 0.5) is 10.3 Å². The third kappa shape index (κ3) is 3.48. The summed E-state index contributed by atoms with van der Waals surface area (Å²) < 4.78 is 14.1. The highest BCUT2D eigenvalue weighted by Gasteiger charge is 2.14. The standard InChI is InChI=1S/C12H8BrClFN3O/c1-6-4-10(14)17-12(16-6)18-11(19)8-5-7(13)2-3-9(8)15/h2-5H,1H3,(H,16,17,18,19). The van der Waals surface area contributed by atoms with E-state index in [4.69, 9.17) is 11.6 Å². The molecule has 0 radical (unpaired) electrons. The fourth-order valence-electron chi connectivity index (χ4n) is 1.43. The summed E-state index contributed by atoms with van der Waals surface area (Å²) in [6.07, 6.45) is 0. The van der Waals surface area contributed by atoms with E-state index in [2.05, 4.69) is 31.2 Å². The first-order valence-corrected chi connectivity index (χ1v) is 6.40. The second-order valence-electron chi connectivity index (χ2n) is 3.73. The Morgan fingerprint density at radius 3 is 2.79 bits per heavy atom. The summed E-state index contributed by atoms with van der Waals surface area (Å²) in [4.78, 5) is 19.7. The van der Waals surface area contributed by atoms with E-state index in [0.29, 0.717) is 10.2 Å². The predicted octanol–water partition coefficient (Wildman–Crippen LogP) is 3.59. The molecule has 0 spiro atoms. The molecule has 0 fully saturated rings. The van der Waals surface area contributed by atoms with Gasteiger partial charge in [-0.2, -0.15) is 0 Å². The summed E-state index contributed by atoms with van der Waals surface area (Å²) in [5.41, 5.74) is 0.501. The van der Waals surface area contributed by atoms with Crippen molar-refractivity contribution in [2.24, 2.45) is 0 Å². The van der Waals surface area contributed by atoms with Crippen molar-refractivity contribution in [3.05, 3.63) is 51.0 Å².